The summed E-state index contributed by atoms with van der Waals surface area (Å²) in [5.41, 5.74) is 3.35. The normalized spacial score (nSPS) is 17.1. The monoisotopic (exact) mass is 275 g/mol. The van der Waals surface area contributed by atoms with Crippen LogP contribution in [0.1, 0.15) is 24.0 Å². The Morgan fingerprint density at radius 2 is 1.95 bits per heavy atom. The summed E-state index contributed by atoms with van der Waals surface area (Å²) >= 11 is 0. The zero-order chi connectivity index (χ0) is 14.5. The Morgan fingerprint density at radius 3 is 2.55 bits per heavy atom. The van der Waals surface area contributed by atoms with Crippen LogP contribution >= 0.6 is 0 Å². The largest absolute Gasteiger partial charge is 0.325 e. The number of carbonyl (C=O) groups excluding carboxylic acids is 1. The maximum Gasteiger partial charge on any atom is 0.238 e. The van der Waals surface area contributed by atoms with Crippen molar-refractivity contribution in [3.8, 4) is 0 Å². The first-order chi connectivity index (χ1) is 9.58. The molecule has 1 fully saturated rings. The number of aryl methyl sites for hydroxylation is 2. The number of hydrogen-bond donors (Lipinski definition) is 2. The summed E-state index contributed by atoms with van der Waals surface area (Å²) in [5.74, 6) is 0.0798. The highest BCUT2D eigenvalue weighted by atomic mass is 16.2. The zero-order valence-electron chi connectivity index (χ0n) is 12.7. The van der Waals surface area contributed by atoms with E-state index in [9.17, 15) is 4.79 Å². The molecule has 4 nitrogen and oxygen atoms in total. The Bertz CT molecular complexity index is 465. The van der Waals surface area contributed by atoms with Crippen molar-refractivity contribution in [3.05, 3.63) is 29.3 Å². The summed E-state index contributed by atoms with van der Waals surface area (Å²) < 4.78 is 0. The molecular weight excluding hydrogens is 250 g/mol. The molecule has 1 aliphatic rings. The van der Waals surface area contributed by atoms with Crippen molar-refractivity contribution in [2.45, 2.75) is 32.7 Å². The highest BCUT2D eigenvalue weighted by Gasteiger charge is 2.19. The van der Waals surface area contributed by atoms with Gasteiger partial charge in [-0.15, -0.1) is 0 Å². The lowest BCUT2D eigenvalue weighted by Gasteiger charge is -2.31. The molecule has 4 heteroatoms. The molecule has 0 radical (unpaired) electrons. The van der Waals surface area contributed by atoms with Crippen LogP contribution < -0.4 is 10.6 Å². The van der Waals surface area contributed by atoms with Crippen LogP contribution in [0, 0.1) is 13.8 Å². The fourth-order valence-corrected chi connectivity index (χ4v) is 2.60. The Labute approximate surface area is 121 Å². The van der Waals surface area contributed by atoms with Gasteiger partial charge in [0.2, 0.25) is 5.91 Å². The lowest BCUT2D eigenvalue weighted by atomic mass is 10.1. The topological polar surface area (TPSA) is 44.4 Å². The van der Waals surface area contributed by atoms with Gasteiger partial charge in [0.15, 0.2) is 0 Å². The van der Waals surface area contributed by atoms with E-state index in [1.807, 2.05) is 25.2 Å². The van der Waals surface area contributed by atoms with E-state index < -0.39 is 0 Å². The molecule has 20 heavy (non-hydrogen) atoms. The quantitative estimate of drug-likeness (QED) is 0.882. The van der Waals surface area contributed by atoms with Gasteiger partial charge in [0, 0.05) is 24.8 Å². The standard InChI is InChI=1S/C16H25N3O/c1-12-4-5-15(10-13(12)2)18-16(20)11-19-8-6-14(17-3)7-9-19/h4-5,10,14,17H,6-9,11H2,1-3H3,(H,18,20). The van der Waals surface area contributed by atoms with Crippen molar-refractivity contribution in [2.75, 3.05) is 32.0 Å². The number of piperidine rings is 1. The first kappa shape index (κ1) is 15.0. The first-order valence-electron chi connectivity index (χ1n) is 7.35. The molecule has 0 bridgehead atoms. The van der Waals surface area contributed by atoms with Gasteiger partial charge in [-0.3, -0.25) is 9.69 Å². The molecule has 0 aliphatic carbocycles. The second kappa shape index (κ2) is 6.86. The molecule has 1 aromatic carbocycles. The van der Waals surface area contributed by atoms with Gasteiger partial charge < -0.3 is 10.6 Å². The van der Waals surface area contributed by atoms with Crippen molar-refractivity contribution in [3.63, 3.8) is 0 Å². The Morgan fingerprint density at radius 1 is 1.25 bits per heavy atom. The van der Waals surface area contributed by atoms with E-state index in [2.05, 4.69) is 29.4 Å². The van der Waals surface area contributed by atoms with Crippen LogP contribution in [0.4, 0.5) is 5.69 Å². The summed E-state index contributed by atoms with van der Waals surface area (Å²) in [6.45, 7) is 6.61. The van der Waals surface area contributed by atoms with Crippen molar-refractivity contribution >= 4 is 11.6 Å². The molecule has 2 rings (SSSR count). The minimum absolute atomic E-state index is 0.0798. The van der Waals surface area contributed by atoms with E-state index in [-0.39, 0.29) is 5.91 Å². The van der Waals surface area contributed by atoms with Crippen LogP contribution in [-0.2, 0) is 4.79 Å². The summed E-state index contributed by atoms with van der Waals surface area (Å²) in [5, 5.41) is 6.29. The van der Waals surface area contributed by atoms with Crippen molar-refractivity contribution < 1.29 is 4.79 Å². The number of carbonyl (C=O) groups is 1. The van der Waals surface area contributed by atoms with Gasteiger partial charge in [-0.1, -0.05) is 6.07 Å². The van der Waals surface area contributed by atoms with Gasteiger partial charge in [-0.05, 0) is 57.0 Å². The predicted octanol–water partition coefficient (Wildman–Crippen LogP) is 1.93. The highest BCUT2D eigenvalue weighted by Crippen LogP contribution is 2.14. The second-order valence-corrected chi connectivity index (χ2v) is 5.69. The predicted molar refractivity (Wildman–Crippen MR) is 83.1 cm³/mol. The minimum atomic E-state index is 0.0798. The zero-order valence-corrected chi connectivity index (χ0v) is 12.7. The third-order valence-corrected chi connectivity index (χ3v) is 4.15. The molecule has 1 aliphatic heterocycles. The van der Waals surface area contributed by atoms with Gasteiger partial charge >= 0.3 is 0 Å². The van der Waals surface area contributed by atoms with Gasteiger partial charge in [0.05, 0.1) is 6.54 Å². The summed E-state index contributed by atoms with van der Waals surface area (Å²) in [6, 6.07) is 6.64. The maximum absolute atomic E-state index is 12.1. The molecule has 0 unspecified atom stereocenters. The average Bonchev–Trinajstić information content (AvgIpc) is 2.44. The smallest absolute Gasteiger partial charge is 0.238 e. The molecule has 0 aromatic heterocycles. The number of benzene rings is 1. The number of likely N-dealkylation sites (tertiary alicyclic amines) is 1. The number of nitrogens with zero attached hydrogens (tertiary/aromatic N) is 1. The van der Waals surface area contributed by atoms with Crippen molar-refractivity contribution in [1.82, 2.24) is 10.2 Å². The third kappa shape index (κ3) is 4.05. The Balaban J connectivity index is 1.82. The van der Waals surface area contributed by atoms with E-state index in [1.54, 1.807) is 0 Å². The van der Waals surface area contributed by atoms with Crippen LogP contribution in [0.25, 0.3) is 0 Å². The highest BCUT2D eigenvalue weighted by molar-refractivity contribution is 5.92. The molecule has 0 atom stereocenters. The number of amides is 1. The second-order valence-electron chi connectivity index (χ2n) is 5.69. The molecular formula is C16H25N3O. The molecule has 1 amide bonds. The molecule has 2 N–H and O–H groups in total. The van der Waals surface area contributed by atoms with E-state index in [0.29, 0.717) is 12.6 Å². The lowest BCUT2D eigenvalue weighted by Crippen LogP contribution is -2.44. The molecule has 0 saturated carbocycles. The third-order valence-electron chi connectivity index (χ3n) is 4.15. The van der Waals surface area contributed by atoms with Crippen LogP contribution in [0.5, 0.6) is 0 Å². The molecule has 1 saturated heterocycles. The van der Waals surface area contributed by atoms with E-state index in [4.69, 9.17) is 0 Å². The maximum atomic E-state index is 12.1. The molecule has 1 heterocycles. The number of hydrogen-bond acceptors (Lipinski definition) is 3. The van der Waals surface area contributed by atoms with Crippen LogP contribution in [0.3, 0.4) is 0 Å². The van der Waals surface area contributed by atoms with Gasteiger partial charge in [-0.25, -0.2) is 0 Å². The van der Waals surface area contributed by atoms with Crippen LogP contribution in [0.15, 0.2) is 18.2 Å². The number of rotatable bonds is 4. The summed E-state index contributed by atoms with van der Waals surface area (Å²) in [4.78, 5) is 14.3. The van der Waals surface area contributed by atoms with Gasteiger partial charge in [0.25, 0.3) is 0 Å². The first-order valence-corrected chi connectivity index (χ1v) is 7.35. The fraction of sp³-hybridized carbons (Fsp3) is 0.562. The minimum Gasteiger partial charge on any atom is -0.325 e. The summed E-state index contributed by atoms with van der Waals surface area (Å²) in [6.07, 6.45) is 2.24. The SMILES string of the molecule is CNC1CCN(CC(=O)Nc2ccc(C)c(C)c2)CC1. The van der Waals surface area contributed by atoms with Crippen LogP contribution in [0.2, 0.25) is 0 Å². The fourth-order valence-electron chi connectivity index (χ4n) is 2.60. The Hall–Kier alpha value is -1.39. The van der Waals surface area contributed by atoms with E-state index in [0.717, 1.165) is 31.6 Å². The average molecular weight is 275 g/mol. The van der Waals surface area contributed by atoms with E-state index in [1.165, 1.54) is 11.1 Å². The van der Waals surface area contributed by atoms with Gasteiger partial charge in [-0.2, -0.15) is 0 Å². The number of nitrogens with one attached hydrogen (secondary N) is 2. The van der Waals surface area contributed by atoms with E-state index >= 15 is 0 Å². The van der Waals surface area contributed by atoms with Crippen LogP contribution in [-0.4, -0.2) is 43.5 Å². The summed E-state index contributed by atoms with van der Waals surface area (Å²) in [7, 11) is 2.01. The van der Waals surface area contributed by atoms with Gasteiger partial charge in [0.1, 0.15) is 0 Å². The molecule has 1 aromatic rings. The Kier molecular flexibility index (Phi) is 5.15. The van der Waals surface area contributed by atoms with Crippen molar-refractivity contribution in [1.29, 1.82) is 0 Å². The number of anilines is 1. The van der Waals surface area contributed by atoms with Crippen molar-refractivity contribution in [2.24, 2.45) is 0 Å². The lowest BCUT2D eigenvalue weighted by molar-refractivity contribution is -0.117. The molecule has 0 spiro atoms. The molecule has 110 valence electrons.